The highest BCUT2D eigenvalue weighted by atomic mass is 35.5. The molecule has 7 heteroatoms. The Hall–Kier alpha value is -2.21. The molecule has 20 heavy (non-hydrogen) atoms. The highest BCUT2D eigenvalue weighted by Crippen LogP contribution is 2.30. The molecule has 0 fully saturated rings. The minimum Gasteiger partial charge on any atom is -0.496 e. The summed E-state index contributed by atoms with van der Waals surface area (Å²) in [5, 5.41) is 14.2. The van der Waals surface area contributed by atoms with Gasteiger partial charge < -0.3 is 20.5 Å². The van der Waals surface area contributed by atoms with Gasteiger partial charge in [-0.2, -0.15) is 0 Å². The van der Waals surface area contributed by atoms with Gasteiger partial charge >= 0.3 is 12.0 Å². The molecule has 108 valence electrons. The molecule has 1 atom stereocenters. The van der Waals surface area contributed by atoms with Crippen LogP contribution in [-0.2, 0) is 0 Å². The fourth-order valence-electron chi connectivity index (χ4n) is 1.41. The first-order valence-corrected chi connectivity index (χ1v) is 6.07. The van der Waals surface area contributed by atoms with Crippen molar-refractivity contribution in [1.29, 1.82) is 0 Å². The first-order valence-electron chi connectivity index (χ1n) is 5.70. The molecule has 0 aliphatic rings. The van der Waals surface area contributed by atoms with E-state index >= 15 is 0 Å². The number of methoxy groups -OCH3 is 1. The molecule has 0 saturated heterocycles. The third-order valence-electron chi connectivity index (χ3n) is 2.48. The smallest absolute Gasteiger partial charge is 0.339 e. The van der Waals surface area contributed by atoms with Gasteiger partial charge in [0.15, 0.2) is 0 Å². The van der Waals surface area contributed by atoms with Gasteiger partial charge in [0.2, 0.25) is 0 Å². The molecule has 1 aromatic carbocycles. The highest BCUT2D eigenvalue weighted by molar-refractivity contribution is 6.34. The van der Waals surface area contributed by atoms with Gasteiger partial charge in [0.1, 0.15) is 11.3 Å². The molecule has 6 nitrogen and oxygen atoms in total. The first kappa shape index (κ1) is 15.8. The van der Waals surface area contributed by atoms with Gasteiger partial charge in [-0.15, -0.1) is 6.58 Å². The van der Waals surface area contributed by atoms with E-state index in [0.29, 0.717) is 0 Å². The number of hydrogen-bond acceptors (Lipinski definition) is 3. The van der Waals surface area contributed by atoms with Crippen LogP contribution in [0.15, 0.2) is 24.8 Å². The van der Waals surface area contributed by atoms with Gasteiger partial charge in [-0.25, -0.2) is 9.59 Å². The molecule has 0 aromatic heterocycles. The van der Waals surface area contributed by atoms with Crippen molar-refractivity contribution in [3.8, 4) is 5.75 Å². The van der Waals surface area contributed by atoms with E-state index in [0.717, 1.165) is 0 Å². The number of urea groups is 1. The second-order valence-corrected chi connectivity index (χ2v) is 4.37. The highest BCUT2D eigenvalue weighted by Gasteiger charge is 2.16. The molecule has 0 aliphatic heterocycles. The van der Waals surface area contributed by atoms with Crippen molar-refractivity contribution >= 4 is 29.3 Å². The Morgan fingerprint density at radius 1 is 1.50 bits per heavy atom. The minimum absolute atomic E-state index is 0.0806. The second kappa shape index (κ2) is 6.81. The summed E-state index contributed by atoms with van der Waals surface area (Å²) in [6.45, 7) is 5.30. The molecule has 1 aromatic rings. The molecule has 2 amide bonds. The summed E-state index contributed by atoms with van der Waals surface area (Å²) in [6, 6.07) is 1.87. The molecule has 3 N–H and O–H groups in total. The average Bonchev–Trinajstić information content (AvgIpc) is 2.40. The van der Waals surface area contributed by atoms with Gasteiger partial charge in [-0.05, 0) is 13.0 Å². The van der Waals surface area contributed by atoms with E-state index < -0.39 is 12.0 Å². The lowest BCUT2D eigenvalue weighted by molar-refractivity contribution is 0.0693. The van der Waals surface area contributed by atoms with E-state index in [1.54, 1.807) is 13.0 Å². The topological polar surface area (TPSA) is 87.7 Å². The van der Waals surface area contributed by atoms with Gasteiger partial charge in [0.25, 0.3) is 0 Å². The van der Waals surface area contributed by atoms with Crippen molar-refractivity contribution in [2.24, 2.45) is 0 Å². The number of anilines is 1. The van der Waals surface area contributed by atoms with Gasteiger partial charge in [0.05, 0.1) is 17.8 Å². The van der Waals surface area contributed by atoms with Crippen LogP contribution in [0.3, 0.4) is 0 Å². The Kier molecular flexibility index (Phi) is 5.40. The van der Waals surface area contributed by atoms with Gasteiger partial charge in [-0.3, -0.25) is 0 Å². The van der Waals surface area contributed by atoms with Crippen LogP contribution in [-0.4, -0.2) is 30.3 Å². The molecule has 0 aliphatic carbocycles. The average molecular weight is 299 g/mol. The summed E-state index contributed by atoms with van der Waals surface area (Å²) in [5.41, 5.74) is 0.171. The molecule has 0 spiro atoms. The van der Waals surface area contributed by atoms with Crippen molar-refractivity contribution in [1.82, 2.24) is 5.32 Å². The number of amides is 2. The molecule has 0 radical (unpaired) electrons. The fraction of sp³-hybridized carbons (Fsp3) is 0.231. The molecular formula is C13H15ClN2O4. The van der Waals surface area contributed by atoms with Crippen LogP contribution in [0.1, 0.15) is 17.3 Å². The van der Waals surface area contributed by atoms with Crippen LogP contribution < -0.4 is 15.4 Å². The molecule has 1 rings (SSSR count). The summed E-state index contributed by atoms with van der Waals surface area (Å²) in [6.07, 6.45) is 1.56. The first-order chi connectivity index (χ1) is 9.38. The predicted octanol–water partition coefficient (Wildman–Crippen LogP) is 2.74. The molecule has 1 unspecified atom stereocenters. The second-order valence-electron chi connectivity index (χ2n) is 3.96. The summed E-state index contributed by atoms with van der Waals surface area (Å²) >= 11 is 5.94. The number of nitrogens with one attached hydrogen (secondary N) is 2. The lowest BCUT2D eigenvalue weighted by atomic mass is 10.2. The molecular weight excluding hydrogens is 284 g/mol. The van der Waals surface area contributed by atoms with Gasteiger partial charge in [-0.1, -0.05) is 17.7 Å². The standard InChI is InChI=1S/C13H15ClN2O4/c1-4-7(2)15-13(19)16-10-6-11(20-3)8(12(17)18)5-9(10)14/h4-7H,1H2,2-3H3,(H,17,18)(H2,15,16,19). The lowest BCUT2D eigenvalue weighted by Gasteiger charge is -2.14. The fourth-order valence-corrected chi connectivity index (χ4v) is 1.62. The summed E-state index contributed by atoms with van der Waals surface area (Å²) in [4.78, 5) is 22.7. The maximum Gasteiger partial charge on any atom is 0.339 e. The third-order valence-corrected chi connectivity index (χ3v) is 2.79. The zero-order valence-corrected chi connectivity index (χ0v) is 11.8. The summed E-state index contributed by atoms with van der Waals surface area (Å²) < 4.78 is 4.96. The van der Waals surface area contributed by atoms with Crippen LogP contribution >= 0.6 is 11.6 Å². The minimum atomic E-state index is -1.17. The van der Waals surface area contributed by atoms with E-state index in [9.17, 15) is 9.59 Å². The van der Waals surface area contributed by atoms with Crippen molar-refractivity contribution in [2.75, 3.05) is 12.4 Å². The number of aromatic carboxylic acids is 1. The van der Waals surface area contributed by atoms with E-state index in [-0.39, 0.29) is 28.1 Å². The number of rotatable bonds is 5. The molecule has 0 saturated carbocycles. The van der Waals surface area contributed by atoms with E-state index in [2.05, 4.69) is 17.2 Å². The number of benzene rings is 1. The van der Waals surface area contributed by atoms with Crippen LogP contribution in [0.5, 0.6) is 5.75 Å². The van der Waals surface area contributed by atoms with Crippen LogP contribution in [0, 0.1) is 0 Å². The zero-order valence-electron chi connectivity index (χ0n) is 11.1. The number of carboxylic acid groups (broad SMARTS) is 1. The number of hydrogen-bond donors (Lipinski definition) is 3. The Labute approximate surface area is 121 Å². The van der Waals surface area contributed by atoms with E-state index in [1.165, 1.54) is 19.2 Å². The van der Waals surface area contributed by atoms with Crippen LogP contribution in [0.4, 0.5) is 10.5 Å². The SMILES string of the molecule is C=CC(C)NC(=O)Nc1cc(OC)c(C(=O)O)cc1Cl. The lowest BCUT2D eigenvalue weighted by Crippen LogP contribution is -2.34. The third kappa shape index (κ3) is 3.89. The largest absolute Gasteiger partial charge is 0.496 e. The molecule has 0 bridgehead atoms. The maximum absolute atomic E-state index is 11.7. The quantitative estimate of drug-likeness (QED) is 0.729. The molecule has 0 heterocycles. The Bertz CT molecular complexity index is 545. The van der Waals surface area contributed by atoms with Gasteiger partial charge in [0, 0.05) is 12.1 Å². The predicted molar refractivity (Wildman–Crippen MR) is 76.8 cm³/mol. The monoisotopic (exact) mass is 298 g/mol. The number of halogens is 1. The maximum atomic E-state index is 11.7. The Morgan fingerprint density at radius 2 is 2.15 bits per heavy atom. The van der Waals surface area contributed by atoms with Crippen molar-refractivity contribution in [3.05, 3.63) is 35.4 Å². The zero-order chi connectivity index (χ0) is 15.3. The Balaban J connectivity index is 2.99. The number of ether oxygens (including phenoxy) is 1. The van der Waals surface area contributed by atoms with Crippen molar-refractivity contribution < 1.29 is 19.4 Å². The number of carbonyl (C=O) groups is 2. The number of carboxylic acids is 1. The van der Waals surface area contributed by atoms with E-state index in [1.807, 2.05) is 0 Å². The van der Waals surface area contributed by atoms with Crippen molar-refractivity contribution in [2.45, 2.75) is 13.0 Å². The summed E-state index contributed by atoms with van der Waals surface area (Å²) in [5.74, 6) is -1.06. The summed E-state index contributed by atoms with van der Waals surface area (Å²) in [7, 11) is 1.33. The number of carbonyl (C=O) groups excluding carboxylic acids is 1. The normalized spacial score (nSPS) is 11.3. The van der Waals surface area contributed by atoms with E-state index in [4.69, 9.17) is 21.4 Å². The van der Waals surface area contributed by atoms with Crippen molar-refractivity contribution in [3.63, 3.8) is 0 Å². The van der Waals surface area contributed by atoms with Crippen LogP contribution in [0.25, 0.3) is 0 Å². The van der Waals surface area contributed by atoms with Crippen LogP contribution in [0.2, 0.25) is 5.02 Å². The Morgan fingerprint density at radius 3 is 2.65 bits per heavy atom.